The zero-order valence-electron chi connectivity index (χ0n) is 12.0. The Hall–Kier alpha value is -1.88. The van der Waals surface area contributed by atoms with Crippen LogP contribution in [0.1, 0.15) is 21.5 Å². The number of ether oxygens (including phenoxy) is 1. The molecule has 0 bridgehead atoms. The standard InChI is InChI=1S/C16H15BrFNO2/c1-9-6-10(2)15(12(17)7-9)19-16(20)11-4-5-14(21-3)13(18)8-11/h4-8H,1-3H3,(H,19,20). The first-order valence-corrected chi connectivity index (χ1v) is 7.13. The Balaban J connectivity index is 2.28. The molecule has 0 aliphatic carbocycles. The molecule has 0 fully saturated rings. The topological polar surface area (TPSA) is 38.3 Å². The molecule has 0 atom stereocenters. The van der Waals surface area contributed by atoms with Gasteiger partial charge < -0.3 is 10.1 Å². The number of aryl methyl sites for hydroxylation is 2. The third kappa shape index (κ3) is 3.42. The van der Waals surface area contributed by atoms with E-state index >= 15 is 0 Å². The number of hydrogen-bond acceptors (Lipinski definition) is 2. The van der Waals surface area contributed by atoms with Crippen LogP contribution in [0.2, 0.25) is 0 Å². The second-order valence-corrected chi connectivity index (χ2v) is 5.60. The molecular weight excluding hydrogens is 337 g/mol. The fourth-order valence-electron chi connectivity index (χ4n) is 2.07. The van der Waals surface area contributed by atoms with Crippen LogP contribution in [-0.2, 0) is 0 Å². The van der Waals surface area contributed by atoms with Gasteiger partial charge in [0.2, 0.25) is 0 Å². The number of methoxy groups -OCH3 is 1. The Bertz CT molecular complexity index is 678. The largest absolute Gasteiger partial charge is 0.494 e. The van der Waals surface area contributed by atoms with Gasteiger partial charge in [-0.2, -0.15) is 0 Å². The molecule has 0 aliphatic rings. The van der Waals surface area contributed by atoms with E-state index in [1.807, 2.05) is 26.0 Å². The van der Waals surface area contributed by atoms with E-state index < -0.39 is 5.82 Å². The Morgan fingerprint density at radius 3 is 2.52 bits per heavy atom. The molecule has 2 aromatic carbocycles. The summed E-state index contributed by atoms with van der Waals surface area (Å²) in [5.74, 6) is -0.826. The van der Waals surface area contributed by atoms with E-state index in [9.17, 15) is 9.18 Å². The summed E-state index contributed by atoms with van der Waals surface area (Å²) < 4.78 is 19.3. The van der Waals surface area contributed by atoms with Crippen LogP contribution in [0.25, 0.3) is 0 Å². The molecule has 5 heteroatoms. The minimum Gasteiger partial charge on any atom is -0.494 e. The van der Waals surface area contributed by atoms with E-state index in [4.69, 9.17) is 4.74 Å². The molecule has 2 rings (SSSR count). The van der Waals surface area contributed by atoms with Gasteiger partial charge in [-0.25, -0.2) is 4.39 Å². The summed E-state index contributed by atoms with van der Waals surface area (Å²) in [6.45, 7) is 3.88. The number of rotatable bonds is 3. The summed E-state index contributed by atoms with van der Waals surface area (Å²) in [5, 5.41) is 2.79. The Morgan fingerprint density at radius 1 is 1.24 bits per heavy atom. The molecule has 0 unspecified atom stereocenters. The van der Waals surface area contributed by atoms with Crippen molar-refractivity contribution in [2.45, 2.75) is 13.8 Å². The van der Waals surface area contributed by atoms with Crippen molar-refractivity contribution >= 4 is 27.5 Å². The minimum absolute atomic E-state index is 0.110. The lowest BCUT2D eigenvalue weighted by atomic mass is 10.1. The van der Waals surface area contributed by atoms with Gasteiger partial charge in [-0.05, 0) is 65.2 Å². The quantitative estimate of drug-likeness (QED) is 0.885. The Morgan fingerprint density at radius 2 is 1.95 bits per heavy atom. The van der Waals surface area contributed by atoms with Gasteiger partial charge in [0.1, 0.15) is 0 Å². The maximum Gasteiger partial charge on any atom is 0.255 e. The van der Waals surface area contributed by atoms with Gasteiger partial charge in [0.15, 0.2) is 11.6 Å². The number of hydrogen-bond donors (Lipinski definition) is 1. The normalized spacial score (nSPS) is 10.3. The third-order valence-electron chi connectivity index (χ3n) is 3.08. The predicted octanol–water partition coefficient (Wildman–Crippen LogP) is 4.47. The average Bonchev–Trinajstić information content (AvgIpc) is 2.42. The molecule has 3 nitrogen and oxygen atoms in total. The van der Waals surface area contributed by atoms with E-state index in [1.165, 1.54) is 19.2 Å². The summed E-state index contributed by atoms with van der Waals surface area (Å²) >= 11 is 3.43. The molecule has 0 aromatic heterocycles. The van der Waals surface area contributed by atoms with Crippen molar-refractivity contribution in [1.29, 1.82) is 0 Å². The van der Waals surface area contributed by atoms with Crippen molar-refractivity contribution in [3.63, 3.8) is 0 Å². The fourth-order valence-corrected chi connectivity index (χ4v) is 2.84. The molecule has 0 aliphatic heterocycles. The first kappa shape index (κ1) is 15.5. The minimum atomic E-state index is -0.565. The van der Waals surface area contributed by atoms with Gasteiger partial charge in [-0.3, -0.25) is 4.79 Å². The summed E-state index contributed by atoms with van der Waals surface area (Å²) in [6, 6.07) is 7.99. The average molecular weight is 352 g/mol. The number of nitrogens with one attached hydrogen (secondary N) is 1. The third-order valence-corrected chi connectivity index (χ3v) is 3.71. The number of benzene rings is 2. The number of amides is 1. The van der Waals surface area contributed by atoms with Crippen molar-refractivity contribution in [2.75, 3.05) is 12.4 Å². The Kier molecular flexibility index (Phi) is 4.63. The first-order chi connectivity index (χ1) is 9.92. The molecular formula is C16H15BrFNO2. The molecule has 1 N–H and O–H groups in total. The lowest BCUT2D eigenvalue weighted by Crippen LogP contribution is -2.13. The van der Waals surface area contributed by atoms with Crippen LogP contribution in [-0.4, -0.2) is 13.0 Å². The van der Waals surface area contributed by atoms with Gasteiger partial charge in [0, 0.05) is 10.0 Å². The molecule has 2 aromatic rings. The van der Waals surface area contributed by atoms with Crippen LogP contribution < -0.4 is 10.1 Å². The zero-order valence-corrected chi connectivity index (χ0v) is 13.5. The molecule has 1 amide bonds. The smallest absolute Gasteiger partial charge is 0.255 e. The number of carbonyl (C=O) groups is 1. The second kappa shape index (κ2) is 6.26. The lowest BCUT2D eigenvalue weighted by Gasteiger charge is -2.12. The van der Waals surface area contributed by atoms with Crippen molar-refractivity contribution in [3.05, 3.63) is 57.3 Å². The van der Waals surface area contributed by atoms with Gasteiger partial charge >= 0.3 is 0 Å². The molecule has 21 heavy (non-hydrogen) atoms. The molecule has 0 radical (unpaired) electrons. The predicted molar refractivity (Wildman–Crippen MR) is 84.5 cm³/mol. The SMILES string of the molecule is COc1ccc(C(=O)Nc2c(C)cc(C)cc2Br)cc1F. The number of anilines is 1. The summed E-state index contributed by atoms with van der Waals surface area (Å²) in [4.78, 5) is 12.2. The number of carbonyl (C=O) groups excluding carboxylic acids is 1. The van der Waals surface area contributed by atoms with Crippen molar-refractivity contribution in [2.24, 2.45) is 0 Å². The zero-order chi connectivity index (χ0) is 15.6. The Labute approximate surface area is 131 Å². The van der Waals surface area contributed by atoms with Crippen molar-refractivity contribution in [3.8, 4) is 5.75 Å². The summed E-state index contributed by atoms with van der Waals surface area (Å²) in [6.07, 6.45) is 0. The maximum absolute atomic E-state index is 13.6. The van der Waals surface area contributed by atoms with Crippen LogP contribution >= 0.6 is 15.9 Å². The van der Waals surface area contributed by atoms with Crippen LogP contribution in [0.4, 0.5) is 10.1 Å². The van der Waals surface area contributed by atoms with E-state index in [0.29, 0.717) is 5.69 Å². The van der Waals surface area contributed by atoms with Crippen molar-refractivity contribution < 1.29 is 13.9 Å². The van der Waals surface area contributed by atoms with Gasteiger partial charge in [-0.1, -0.05) is 6.07 Å². The molecule has 0 spiro atoms. The second-order valence-electron chi connectivity index (χ2n) is 4.74. The summed E-state index contributed by atoms with van der Waals surface area (Å²) in [7, 11) is 1.38. The highest BCUT2D eigenvalue weighted by Gasteiger charge is 2.13. The van der Waals surface area contributed by atoms with Crippen molar-refractivity contribution in [1.82, 2.24) is 0 Å². The highest BCUT2D eigenvalue weighted by atomic mass is 79.9. The highest BCUT2D eigenvalue weighted by molar-refractivity contribution is 9.10. The molecule has 0 saturated heterocycles. The first-order valence-electron chi connectivity index (χ1n) is 6.34. The lowest BCUT2D eigenvalue weighted by molar-refractivity contribution is 0.102. The summed E-state index contributed by atoms with van der Waals surface area (Å²) in [5.41, 5.74) is 2.94. The fraction of sp³-hybridized carbons (Fsp3) is 0.188. The van der Waals surface area contributed by atoms with E-state index in [2.05, 4.69) is 21.2 Å². The van der Waals surface area contributed by atoms with E-state index in [-0.39, 0.29) is 17.2 Å². The van der Waals surface area contributed by atoms with Crippen LogP contribution in [0.5, 0.6) is 5.75 Å². The van der Waals surface area contributed by atoms with Gasteiger partial charge in [0.25, 0.3) is 5.91 Å². The number of halogens is 2. The van der Waals surface area contributed by atoms with E-state index in [0.717, 1.165) is 21.7 Å². The molecule has 0 saturated carbocycles. The molecule has 0 heterocycles. The van der Waals surface area contributed by atoms with Gasteiger partial charge in [0.05, 0.1) is 12.8 Å². The highest BCUT2D eigenvalue weighted by Crippen LogP contribution is 2.28. The van der Waals surface area contributed by atoms with E-state index in [1.54, 1.807) is 0 Å². The van der Waals surface area contributed by atoms with Crippen LogP contribution in [0, 0.1) is 19.7 Å². The van der Waals surface area contributed by atoms with Gasteiger partial charge in [-0.15, -0.1) is 0 Å². The maximum atomic E-state index is 13.6. The molecule has 110 valence electrons. The van der Waals surface area contributed by atoms with Crippen LogP contribution in [0.15, 0.2) is 34.8 Å². The van der Waals surface area contributed by atoms with Crippen LogP contribution in [0.3, 0.4) is 0 Å². The monoisotopic (exact) mass is 351 g/mol.